The van der Waals surface area contributed by atoms with E-state index in [4.69, 9.17) is 11.6 Å². The van der Waals surface area contributed by atoms with E-state index >= 15 is 0 Å². The maximum Gasteiger partial charge on any atom is 0.264 e. The first-order valence-electron chi connectivity index (χ1n) is 10.0. The Morgan fingerprint density at radius 2 is 1.77 bits per heavy atom. The quantitative estimate of drug-likeness (QED) is 0.734. The highest BCUT2D eigenvalue weighted by Crippen LogP contribution is 2.29. The maximum absolute atomic E-state index is 13.5. The molecule has 8 heteroatoms. The number of anilines is 1. The van der Waals surface area contributed by atoms with Gasteiger partial charge in [0.1, 0.15) is 6.54 Å². The third-order valence-electron chi connectivity index (χ3n) is 5.41. The van der Waals surface area contributed by atoms with E-state index in [0.717, 1.165) is 31.5 Å². The zero-order chi connectivity index (χ0) is 21.9. The highest BCUT2D eigenvalue weighted by Gasteiger charge is 2.29. The van der Waals surface area contributed by atoms with Crippen molar-refractivity contribution in [3.63, 3.8) is 0 Å². The van der Waals surface area contributed by atoms with Gasteiger partial charge in [0.2, 0.25) is 5.91 Å². The Morgan fingerprint density at radius 1 is 1.13 bits per heavy atom. The predicted octanol–water partition coefficient (Wildman–Crippen LogP) is 3.36. The summed E-state index contributed by atoms with van der Waals surface area (Å²) in [6.45, 7) is 5.21. The molecule has 30 heavy (non-hydrogen) atoms. The number of amides is 1. The van der Waals surface area contributed by atoms with E-state index in [9.17, 15) is 13.2 Å². The third kappa shape index (κ3) is 5.33. The van der Waals surface area contributed by atoms with Gasteiger partial charge in [-0.1, -0.05) is 29.3 Å². The molecule has 0 radical (unpaired) electrons. The van der Waals surface area contributed by atoms with Crippen molar-refractivity contribution < 1.29 is 13.2 Å². The second-order valence-corrected chi connectivity index (χ2v) is 10.2. The summed E-state index contributed by atoms with van der Waals surface area (Å²) in [5.41, 5.74) is 2.09. The first-order valence-corrected chi connectivity index (χ1v) is 11.8. The van der Waals surface area contributed by atoms with Crippen LogP contribution in [0.25, 0.3) is 0 Å². The van der Waals surface area contributed by atoms with Crippen LogP contribution in [0.5, 0.6) is 0 Å². The SMILES string of the molecule is Cc1ccc(S(=O)(=O)N(CC(=O)NC2CCN(C)CC2)c2ccc(Cl)cc2C)cc1. The van der Waals surface area contributed by atoms with Crippen LogP contribution in [0, 0.1) is 13.8 Å². The van der Waals surface area contributed by atoms with Crippen LogP contribution in [-0.2, 0) is 14.8 Å². The van der Waals surface area contributed by atoms with Crippen molar-refractivity contribution in [2.24, 2.45) is 0 Å². The Labute approximate surface area is 183 Å². The van der Waals surface area contributed by atoms with Crippen molar-refractivity contribution in [2.75, 3.05) is 31.0 Å². The number of carbonyl (C=O) groups excluding carboxylic acids is 1. The average molecular weight is 450 g/mol. The Bertz CT molecular complexity index is 1000. The van der Waals surface area contributed by atoms with Crippen molar-refractivity contribution in [1.82, 2.24) is 10.2 Å². The number of hydrogen-bond acceptors (Lipinski definition) is 4. The number of hydrogen-bond donors (Lipinski definition) is 1. The van der Waals surface area contributed by atoms with Gasteiger partial charge in [0, 0.05) is 11.1 Å². The number of carbonyl (C=O) groups is 1. The minimum Gasteiger partial charge on any atom is -0.352 e. The molecule has 0 unspecified atom stereocenters. The van der Waals surface area contributed by atoms with E-state index in [1.807, 2.05) is 6.92 Å². The number of nitrogens with one attached hydrogen (secondary N) is 1. The minimum atomic E-state index is -3.93. The van der Waals surface area contributed by atoms with Crippen LogP contribution < -0.4 is 9.62 Å². The smallest absolute Gasteiger partial charge is 0.264 e. The molecule has 0 aromatic heterocycles. The molecule has 3 rings (SSSR count). The topological polar surface area (TPSA) is 69.7 Å². The molecular weight excluding hydrogens is 422 g/mol. The van der Waals surface area contributed by atoms with Crippen LogP contribution in [-0.4, -0.2) is 51.9 Å². The minimum absolute atomic E-state index is 0.0592. The summed E-state index contributed by atoms with van der Waals surface area (Å²) in [4.78, 5) is 15.2. The van der Waals surface area contributed by atoms with Gasteiger partial charge in [-0.3, -0.25) is 9.10 Å². The third-order valence-corrected chi connectivity index (χ3v) is 7.42. The molecule has 1 aliphatic rings. The average Bonchev–Trinajstić information content (AvgIpc) is 2.69. The van der Waals surface area contributed by atoms with Crippen LogP contribution in [0.15, 0.2) is 47.4 Å². The lowest BCUT2D eigenvalue weighted by Gasteiger charge is -2.31. The highest BCUT2D eigenvalue weighted by atomic mass is 35.5. The molecular formula is C22H28ClN3O3S. The van der Waals surface area contributed by atoms with Gasteiger partial charge < -0.3 is 10.2 Å². The Morgan fingerprint density at radius 3 is 2.37 bits per heavy atom. The standard InChI is InChI=1S/C22H28ClN3O3S/c1-16-4-7-20(8-5-16)30(28,29)26(21-9-6-18(23)14-17(21)2)15-22(27)24-19-10-12-25(3)13-11-19/h4-9,14,19H,10-13,15H2,1-3H3,(H,24,27). The number of halogens is 1. The van der Waals surface area contributed by atoms with E-state index in [2.05, 4.69) is 17.3 Å². The molecule has 1 aliphatic heterocycles. The van der Waals surface area contributed by atoms with Gasteiger partial charge in [-0.15, -0.1) is 0 Å². The maximum atomic E-state index is 13.5. The van der Waals surface area contributed by atoms with Crippen LogP contribution in [0.3, 0.4) is 0 Å². The first kappa shape index (κ1) is 22.6. The van der Waals surface area contributed by atoms with Gasteiger partial charge in [-0.2, -0.15) is 0 Å². The molecule has 1 saturated heterocycles. The largest absolute Gasteiger partial charge is 0.352 e. The van der Waals surface area contributed by atoms with E-state index in [0.29, 0.717) is 16.3 Å². The Kier molecular flexibility index (Phi) is 7.06. The molecule has 0 atom stereocenters. The van der Waals surface area contributed by atoms with E-state index < -0.39 is 10.0 Å². The molecule has 1 fully saturated rings. The zero-order valence-electron chi connectivity index (χ0n) is 17.6. The molecule has 162 valence electrons. The molecule has 1 heterocycles. The normalized spacial score (nSPS) is 15.7. The number of likely N-dealkylation sites (tertiary alicyclic amines) is 1. The van der Waals surface area contributed by atoms with Crippen molar-refractivity contribution >= 4 is 33.2 Å². The summed E-state index contributed by atoms with van der Waals surface area (Å²) in [5.74, 6) is -0.311. The van der Waals surface area contributed by atoms with Crippen molar-refractivity contribution in [3.8, 4) is 0 Å². The zero-order valence-corrected chi connectivity index (χ0v) is 19.1. The van der Waals surface area contributed by atoms with E-state index in [1.54, 1.807) is 49.4 Å². The summed E-state index contributed by atoms with van der Waals surface area (Å²) in [6.07, 6.45) is 1.71. The molecule has 0 spiro atoms. The molecule has 6 nitrogen and oxygen atoms in total. The summed E-state index contributed by atoms with van der Waals surface area (Å²) in [6, 6.07) is 11.7. The lowest BCUT2D eigenvalue weighted by atomic mass is 10.1. The van der Waals surface area contributed by atoms with Crippen molar-refractivity contribution in [1.29, 1.82) is 0 Å². The number of nitrogens with zero attached hydrogens (tertiary/aromatic N) is 2. The van der Waals surface area contributed by atoms with Gasteiger partial charge in [0.05, 0.1) is 10.6 Å². The van der Waals surface area contributed by atoms with Crippen LogP contribution in [0.4, 0.5) is 5.69 Å². The number of sulfonamides is 1. The van der Waals surface area contributed by atoms with Gasteiger partial charge in [0.15, 0.2) is 0 Å². The number of rotatable bonds is 6. The van der Waals surface area contributed by atoms with Crippen molar-refractivity contribution in [2.45, 2.75) is 37.6 Å². The summed E-state index contributed by atoms with van der Waals surface area (Å²) >= 11 is 6.07. The van der Waals surface area contributed by atoms with E-state index in [1.165, 1.54) is 4.31 Å². The molecule has 0 bridgehead atoms. The summed E-state index contributed by atoms with van der Waals surface area (Å²) in [5, 5.41) is 3.52. The van der Waals surface area contributed by atoms with E-state index in [-0.39, 0.29) is 23.4 Å². The van der Waals surface area contributed by atoms with Crippen LogP contribution in [0.1, 0.15) is 24.0 Å². The highest BCUT2D eigenvalue weighted by molar-refractivity contribution is 7.92. The fourth-order valence-corrected chi connectivity index (χ4v) is 5.30. The molecule has 0 aliphatic carbocycles. The van der Waals surface area contributed by atoms with Gasteiger partial charge in [0.25, 0.3) is 10.0 Å². The molecule has 0 saturated carbocycles. The second kappa shape index (κ2) is 9.37. The molecule has 2 aromatic carbocycles. The van der Waals surface area contributed by atoms with Crippen LogP contribution >= 0.6 is 11.6 Å². The molecule has 1 amide bonds. The fourth-order valence-electron chi connectivity index (χ4n) is 3.59. The lowest BCUT2D eigenvalue weighted by Crippen LogP contribution is -2.48. The Hall–Kier alpha value is -2.09. The lowest BCUT2D eigenvalue weighted by molar-refractivity contribution is -0.120. The molecule has 2 aromatic rings. The monoisotopic (exact) mass is 449 g/mol. The summed E-state index contributed by atoms with van der Waals surface area (Å²) in [7, 11) is -1.88. The van der Waals surface area contributed by atoms with Gasteiger partial charge in [-0.25, -0.2) is 8.42 Å². The number of piperidine rings is 1. The first-order chi connectivity index (χ1) is 14.2. The number of aryl methyl sites for hydroxylation is 2. The van der Waals surface area contributed by atoms with Gasteiger partial charge >= 0.3 is 0 Å². The number of benzene rings is 2. The fraction of sp³-hybridized carbons (Fsp3) is 0.409. The summed E-state index contributed by atoms with van der Waals surface area (Å²) < 4.78 is 28.1. The van der Waals surface area contributed by atoms with Gasteiger partial charge in [-0.05, 0) is 82.7 Å². The predicted molar refractivity (Wildman–Crippen MR) is 121 cm³/mol. The second-order valence-electron chi connectivity index (χ2n) is 7.90. The Balaban J connectivity index is 1.89. The molecule has 1 N–H and O–H groups in total. The van der Waals surface area contributed by atoms with Crippen molar-refractivity contribution in [3.05, 3.63) is 58.6 Å². The van der Waals surface area contributed by atoms with Crippen LogP contribution in [0.2, 0.25) is 5.02 Å².